The van der Waals surface area contributed by atoms with Gasteiger partial charge in [-0.25, -0.2) is 9.78 Å². The van der Waals surface area contributed by atoms with Crippen LogP contribution in [0.1, 0.15) is 56.4 Å². The number of likely N-dealkylation sites (tertiary alicyclic amines) is 1. The largest absolute Gasteiger partial charge is 0.472 e. The fourth-order valence-corrected chi connectivity index (χ4v) is 4.25. The molecule has 1 saturated heterocycles. The second-order valence-corrected chi connectivity index (χ2v) is 9.94. The van der Waals surface area contributed by atoms with Gasteiger partial charge in [-0.05, 0) is 75.3 Å². The molecule has 1 fully saturated rings. The van der Waals surface area contributed by atoms with Gasteiger partial charge in [-0.2, -0.15) is 0 Å². The number of amides is 1. The summed E-state index contributed by atoms with van der Waals surface area (Å²) in [6.07, 6.45) is 1.67. The van der Waals surface area contributed by atoms with Gasteiger partial charge in [0.15, 0.2) is 0 Å². The zero-order valence-electron chi connectivity index (χ0n) is 20.6. The number of aromatic nitrogens is 1. The van der Waals surface area contributed by atoms with Gasteiger partial charge in [0.05, 0.1) is 0 Å². The summed E-state index contributed by atoms with van der Waals surface area (Å²) in [6, 6.07) is 22.9. The van der Waals surface area contributed by atoms with E-state index in [0.29, 0.717) is 18.4 Å². The number of hydrogen-bond acceptors (Lipinski definition) is 4. The fourth-order valence-electron chi connectivity index (χ4n) is 4.25. The average molecular weight is 459 g/mol. The van der Waals surface area contributed by atoms with E-state index in [2.05, 4.69) is 47.4 Å². The maximum absolute atomic E-state index is 12.3. The van der Waals surface area contributed by atoms with Gasteiger partial charge in [-0.3, -0.25) is 0 Å². The van der Waals surface area contributed by atoms with E-state index in [-0.39, 0.29) is 6.09 Å². The molecule has 178 valence electrons. The van der Waals surface area contributed by atoms with Gasteiger partial charge in [-0.1, -0.05) is 54.6 Å². The molecule has 5 nitrogen and oxygen atoms in total. The lowest BCUT2D eigenvalue weighted by Gasteiger charge is -2.33. The fraction of sp³-hybridized carbons (Fsp3) is 0.379. The van der Waals surface area contributed by atoms with Gasteiger partial charge in [-0.15, -0.1) is 0 Å². The van der Waals surface area contributed by atoms with Crippen molar-refractivity contribution >= 4 is 6.09 Å². The molecule has 34 heavy (non-hydrogen) atoms. The van der Waals surface area contributed by atoms with Crippen molar-refractivity contribution < 1.29 is 14.3 Å². The van der Waals surface area contributed by atoms with E-state index in [9.17, 15) is 4.79 Å². The Morgan fingerprint density at radius 1 is 0.971 bits per heavy atom. The second-order valence-electron chi connectivity index (χ2n) is 9.94. The molecule has 0 radical (unpaired) electrons. The highest BCUT2D eigenvalue weighted by molar-refractivity contribution is 5.69. The van der Waals surface area contributed by atoms with E-state index >= 15 is 0 Å². The molecule has 0 unspecified atom stereocenters. The first kappa shape index (κ1) is 23.8. The van der Waals surface area contributed by atoms with Crippen LogP contribution >= 0.6 is 0 Å². The molecule has 0 saturated carbocycles. The maximum Gasteiger partial charge on any atom is 0.410 e. The Morgan fingerprint density at radius 3 is 2.29 bits per heavy atom. The zero-order valence-corrected chi connectivity index (χ0v) is 20.6. The first-order valence-corrected chi connectivity index (χ1v) is 12.0. The van der Waals surface area contributed by atoms with Gasteiger partial charge in [0.25, 0.3) is 0 Å². The van der Waals surface area contributed by atoms with E-state index in [1.54, 1.807) is 0 Å². The van der Waals surface area contributed by atoms with E-state index in [1.807, 2.05) is 56.9 Å². The summed E-state index contributed by atoms with van der Waals surface area (Å²) in [6.45, 7) is 9.62. The standard InChI is InChI=1S/C29H34N2O3/c1-21-10-15-26(27(30-21)33-20-22-8-6-5-7-9-22)25-13-11-23(12-14-25)24-16-18-31(19-17-24)28(32)34-29(2,3)4/h5-15,24H,16-20H2,1-4H3. The first-order valence-electron chi connectivity index (χ1n) is 12.0. The Kier molecular flexibility index (Phi) is 7.20. The lowest BCUT2D eigenvalue weighted by molar-refractivity contribution is 0.0205. The summed E-state index contributed by atoms with van der Waals surface area (Å²) in [5, 5.41) is 0. The minimum Gasteiger partial charge on any atom is -0.472 e. The van der Waals surface area contributed by atoms with E-state index in [4.69, 9.17) is 9.47 Å². The molecule has 1 aliphatic heterocycles. The molecule has 2 aromatic carbocycles. The van der Waals surface area contributed by atoms with Gasteiger partial charge in [0.2, 0.25) is 5.88 Å². The van der Waals surface area contributed by atoms with Crippen LogP contribution in [0.25, 0.3) is 11.1 Å². The van der Waals surface area contributed by atoms with Crippen LogP contribution < -0.4 is 4.74 Å². The number of pyridine rings is 1. The summed E-state index contributed by atoms with van der Waals surface area (Å²) in [5.74, 6) is 1.10. The van der Waals surface area contributed by atoms with Gasteiger partial charge < -0.3 is 14.4 Å². The highest BCUT2D eigenvalue weighted by Gasteiger charge is 2.27. The molecule has 5 heteroatoms. The number of carbonyl (C=O) groups is 1. The molecule has 0 atom stereocenters. The van der Waals surface area contributed by atoms with Gasteiger partial charge in [0.1, 0.15) is 12.2 Å². The average Bonchev–Trinajstić information content (AvgIpc) is 2.83. The molecule has 0 bridgehead atoms. The quantitative estimate of drug-likeness (QED) is 0.424. The van der Waals surface area contributed by atoms with Crippen LogP contribution in [0.4, 0.5) is 4.79 Å². The topological polar surface area (TPSA) is 51.7 Å². The Labute approximate surface area is 202 Å². The number of piperidine rings is 1. The van der Waals surface area contributed by atoms with E-state index < -0.39 is 5.60 Å². The van der Waals surface area contributed by atoms with Crippen LogP contribution in [0.5, 0.6) is 5.88 Å². The number of hydrogen-bond donors (Lipinski definition) is 0. The molecular weight excluding hydrogens is 424 g/mol. The molecule has 1 aromatic heterocycles. The van der Waals surface area contributed by atoms with Crippen LogP contribution in [0, 0.1) is 6.92 Å². The van der Waals surface area contributed by atoms with Crippen LogP contribution in [0.3, 0.4) is 0 Å². The van der Waals surface area contributed by atoms with Crippen molar-refractivity contribution in [3.63, 3.8) is 0 Å². The third kappa shape index (κ3) is 6.16. The predicted molar refractivity (Wildman–Crippen MR) is 135 cm³/mol. The van der Waals surface area contributed by atoms with Crippen molar-refractivity contribution in [1.29, 1.82) is 0 Å². The molecular formula is C29H34N2O3. The number of carbonyl (C=O) groups excluding carboxylic acids is 1. The monoisotopic (exact) mass is 458 g/mol. The first-order chi connectivity index (χ1) is 16.3. The van der Waals surface area contributed by atoms with Crippen LogP contribution in [0.15, 0.2) is 66.7 Å². The highest BCUT2D eigenvalue weighted by atomic mass is 16.6. The van der Waals surface area contributed by atoms with Crippen molar-refractivity contribution in [2.24, 2.45) is 0 Å². The predicted octanol–water partition coefficient (Wildman–Crippen LogP) is 6.75. The minimum atomic E-state index is -0.460. The summed E-state index contributed by atoms with van der Waals surface area (Å²) < 4.78 is 11.6. The molecule has 3 aromatic rings. The zero-order chi connectivity index (χ0) is 24.1. The summed E-state index contributed by atoms with van der Waals surface area (Å²) in [4.78, 5) is 18.8. The molecule has 2 heterocycles. The lowest BCUT2D eigenvalue weighted by atomic mass is 9.88. The van der Waals surface area contributed by atoms with Crippen molar-refractivity contribution in [2.75, 3.05) is 13.1 Å². The third-order valence-corrected chi connectivity index (χ3v) is 6.06. The minimum absolute atomic E-state index is 0.212. The summed E-state index contributed by atoms with van der Waals surface area (Å²) in [5.41, 5.74) is 4.97. The van der Waals surface area contributed by atoms with Gasteiger partial charge >= 0.3 is 6.09 Å². The third-order valence-electron chi connectivity index (χ3n) is 6.06. The van der Waals surface area contributed by atoms with E-state index in [0.717, 1.165) is 48.3 Å². The van der Waals surface area contributed by atoms with Crippen molar-refractivity contribution in [3.05, 3.63) is 83.6 Å². The molecule has 0 aliphatic carbocycles. The Bertz CT molecular complexity index is 1100. The van der Waals surface area contributed by atoms with Crippen LogP contribution in [-0.4, -0.2) is 34.7 Å². The number of rotatable bonds is 5. The Morgan fingerprint density at radius 2 is 1.65 bits per heavy atom. The van der Waals surface area contributed by atoms with E-state index in [1.165, 1.54) is 5.56 Å². The van der Waals surface area contributed by atoms with Crippen molar-refractivity contribution in [2.45, 2.75) is 58.7 Å². The van der Waals surface area contributed by atoms with Crippen LogP contribution in [-0.2, 0) is 11.3 Å². The van der Waals surface area contributed by atoms with Crippen molar-refractivity contribution in [3.8, 4) is 17.0 Å². The maximum atomic E-state index is 12.3. The smallest absolute Gasteiger partial charge is 0.410 e. The summed E-state index contributed by atoms with van der Waals surface area (Å²) in [7, 11) is 0. The molecule has 1 aliphatic rings. The Hall–Kier alpha value is -3.34. The van der Waals surface area contributed by atoms with Crippen LogP contribution in [0.2, 0.25) is 0 Å². The number of benzene rings is 2. The van der Waals surface area contributed by atoms with Gasteiger partial charge in [0, 0.05) is 24.3 Å². The normalized spacial score (nSPS) is 14.6. The highest BCUT2D eigenvalue weighted by Crippen LogP contribution is 2.33. The molecule has 4 rings (SSSR count). The molecule has 1 amide bonds. The van der Waals surface area contributed by atoms with Crippen molar-refractivity contribution in [1.82, 2.24) is 9.88 Å². The number of aryl methyl sites for hydroxylation is 1. The number of ether oxygens (including phenoxy) is 2. The second kappa shape index (κ2) is 10.3. The number of nitrogens with zero attached hydrogens (tertiary/aromatic N) is 2. The Balaban J connectivity index is 1.42. The molecule has 0 spiro atoms. The SMILES string of the molecule is Cc1ccc(-c2ccc(C3CCN(C(=O)OC(C)(C)C)CC3)cc2)c(OCc2ccccc2)n1. The molecule has 0 N–H and O–H groups in total. The lowest BCUT2D eigenvalue weighted by Crippen LogP contribution is -2.41. The summed E-state index contributed by atoms with van der Waals surface area (Å²) >= 11 is 0.